The van der Waals surface area contributed by atoms with E-state index in [4.69, 9.17) is 5.11 Å². The van der Waals surface area contributed by atoms with Gasteiger partial charge in [-0.1, -0.05) is 19.1 Å². The molecule has 0 aliphatic heterocycles. The Balaban J connectivity index is 2.40. The van der Waals surface area contributed by atoms with Gasteiger partial charge in [-0.05, 0) is 37.5 Å². The third kappa shape index (κ3) is 6.33. The van der Waals surface area contributed by atoms with Crippen LogP contribution in [0.2, 0.25) is 0 Å². The summed E-state index contributed by atoms with van der Waals surface area (Å²) < 4.78 is 0. The zero-order chi connectivity index (χ0) is 15.0. The van der Waals surface area contributed by atoms with E-state index in [-0.39, 0.29) is 18.9 Å². The van der Waals surface area contributed by atoms with Crippen LogP contribution in [0.15, 0.2) is 24.3 Å². The highest BCUT2D eigenvalue weighted by molar-refractivity contribution is 5.92. The first-order chi connectivity index (χ1) is 9.51. The first kappa shape index (κ1) is 16.2. The lowest BCUT2D eigenvalue weighted by Crippen LogP contribution is -2.33. The molecule has 0 saturated heterocycles. The van der Waals surface area contributed by atoms with E-state index in [1.54, 1.807) is 12.1 Å². The number of carboxylic acids is 1. The number of benzene rings is 1. The predicted octanol–water partition coefficient (Wildman–Crippen LogP) is 2.03. The maximum atomic E-state index is 11.7. The largest absolute Gasteiger partial charge is 0.481 e. The molecule has 20 heavy (non-hydrogen) atoms. The van der Waals surface area contributed by atoms with Crippen molar-refractivity contribution in [3.63, 3.8) is 0 Å². The molecule has 0 aromatic heterocycles. The lowest BCUT2D eigenvalue weighted by molar-refractivity contribution is -0.137. The maximum absolute atomic E-state index is 11.7. The van der Waals surface area contributed by atoms with Gasteiger partial charge in [0.2, 0.25) is 5.91 Å². The molecule has 0 bridgehead atoms. The average molecular weight is 278 g/mol. The molecular formula is C15H22N2O3. The summed E-state index contributed by atoms with van der Waals surface area (Å²) in [5.41, 5.74) is 1.67. The van der Waals surface area contributed by atoms with E-state index in [1.807, 2.05) is 19.1 Å². The topological polar surface area (TPSA) is 78.4 Å². The molecule has 0 aliphatic carbocycles. The summed E-state index contributed by atoms with van der Waals surface area (Å²) in [6.07, 6.45) is 1.59. The van der Waals surface area contributed by atoms with Crippen LogP contribution in [-0.2, 0) is 16.0 Å². The standard InChI is InChI=1S/C15H22N2O3/c1-3-11(2)16-10-14(18)17-13-7-4-12(5-8-13)6-9-15(19)20/h4-5,7-8,11,16H,3,6,9-10H2,1-2H3,(H,17,18)(H,19,20). The number of carboxylic acid groups (broad SMARTS) is 1. The molecule has 3 N–H and O–H groups in total. The molecule has 0 radical (unpaired) electrons. The first-order valence-electron chi connectivity index (χ1n) is 6.85. The van der Waals surface area contributed by atoms with Gasteiger partial charge in [0.25, 0.3) is 0 Å². The van der Waals surface area contributed by atoms with Gasteiger partial charge in [-0.25, -0.2) is 0 Å². The van der Waals surface area contributed by atoms with E-state index in [1.165, 1.54) is 0 Å². The molecule has 5 nitrogen and oxygen atoms in total. The Hall–Kier alpha value is -1.88. The van der Waals surface area contributed by atoms with Gasteiger partial charge in [0, 0.05) is 18.2 Å². The van der Waals surface area contributed by atoms with Crippen LogP contribution in [0.25, 0.3) is 0 Å². The minimum Gasteiger partial charge on any atom is -0.481 e. The van der Waals surface area contributed by atoms with Crippen molar-refractivity contribution in [1.29, 1.82) is 0 Å². The van der Waals surface area contributed by atoms with Gasteiger partial charge in [-0.15, -0.1) is 0 Å². The normalized spacial score (nSPS) is 11.9. The first-order valence-corrected chi connectivity index (χ1v) is 6.85. The Morgan fingerprint density at radius 1 is 1.25 bits per heavy atom. The Morgan fingerprint density at radius 3 is 2.45 bits per heavy atom. The number of hydrogen-bond donors (Lipinski definition) is 3. The van der Waals surface area contributed by atoms with Crippen molar-refractivity contribution in [2.75, 3.05) is 11.9 Å². The van der Waals surface area contributed by atoms with Gasteiger partial charge >= 0.3 is 5.97 Å². The number of anilines is 1. The van der Waals surface area contributed by atoms with Gasteiger partial charge < -0.3 is 15.7 Å². The molecule has 0 heterocycles. The molecule has 0 aliphatic rings. The Morgan fingerprint density at radius 2 is 1.90 bits per heavy atom. The number of amides is 1. The molecular weight excluding hydrogens is 256 g/mol. The Labute approximate surface area is 119 Å². The fourth-order valence-corrected chi connectivity index (χ4v) is 1.62. The second-order valence-electron chi connectivity index (χ2n) is 4.83. The van der Waals surface area contributed by atoms with Gasteiger partial charge in [-0.3, -0.25) is 9.59 Å². The van der Waals surface area contributed by atoms with Crippen LogP contribution in [0.1, 0.15) is 32.3 Å². The number of aryl methyl sites for hydroxylation is 1. The molecule has 1 rings (SSSR count). The van der Waals surface area contributed by atoms with Crippen molar-refractivity contribution in [1.82, 2.24) is 5.32 Å². The van der Waals surface area contributed by atoms with Crippen LogP contribution in [0.5, 0.6) is 0 Å². The van der Waals surface area contributed by atoms with Crippen molar-refractivity contribution in [3.05, 3.63) is 29.8 Å². The van der Waals surface area contributed by atoms with E-state index >= 15 is 0 Å². The van der Waals surface area contributed by atoms with Gasteiger partial charge in [0.1, 0.15) is 0 Å². The molecule has 1 unspecified atom stereocenters. The van der Waals surface area contributed by atoms with Crippen LogP contribution < -0.4 is 10.6 Å². The number of hydrogen-bond acceptors (Lipinski definition) is 3. The van der Waals surface area contributed by atoms with Crippen molar-refractivity contribution >= 4 is 17.6 Å². The van der Waals surface area contributed by atoms with Crippen molar-refractivity contribution in [3.8, 4) is 0 Å². The summed E-state index contributed by atoms with van der Waals surface area (Å²) in [5.74, 6) is -0.887. The predicted molar refractivity (Wildman–Crippen MR) is 78.8 cm³/mol. The van der Waals surface area contributed by atoms with Crippen LogP contribution in [0.3, 0.4) is 0 Å². The second kappa shape index (κ2) is 8.32. The van der Waals surface area contributed by atoms with Crippen molar-refractivity contribution in [2.24, 2.45) is 0 Å². The summed E-state index contributed by atoms with van der Waals surface area (Å²) in [6.45, 7) is 4.38. The molecule has 110 valence electrons. The number of carbonyl (C=O) groups excluding carboxylic acids is 1. The lowest BCUT2D eigenvalue weighted by Gasteiger charge is -2.11. The highest BCUT2D eigenvalue weighted by Gasteiger charge is 2.05. The van der Waals surface area contributed by atoms with Crippen molar-refractivity contribution in [2.45, 2.75) is 39.2 Å². The molecule has 1 amide bonds. The fourth-order valence-electron chi connectivity index (χ4n) is 1.62. The van der Waals surface area contributed by atoms with Crippen LogP contribution in [0, 0.1) is 0 Å². The minimum absolute atomic E-state index is 0.0800. The zero-order valence-corrected chi connectivity index (χ0v) is 12.0. The fraction of sp³-hybridized carbons (Fsp3) is 0.467. The third-order valence-electron chi connectivity index (χ3n) is 3.09. The summed E-state index contributed by atoms with van der Waals surface area (Å²) in [4.78, 5) is 22.2. The van der Waals surface area contributed by atoms with Crippen LogP contribution in [0.4, 0.5) is 5.69 Å². The average Bonchev–Trinajstić information content (AvgIpc) is 2.44. The summed E-state index contributed by atoms with van der Waals surface area (Å²) in [6, 6.07) is 7.57. The molecule has 0 fully saturated rings. The quantitative estimate of drug-likeness (QED) is 0.680. The molecule has 0 saturated carbocycles. The molecule has 5 heteroatoms. The highest BCUT2D eigenvalue weighted by atomic mass is 16.4. The molecule has 1 aromatic rings. The maximum Gasteiger partial charge on any atom is 0.303 e. The van der Waals surface area contributed by atoms with E-state index < -0.39 is 5.97 Å². The van der Waals surface area contributed by atoms with E-state index in [0.29, 0.717) is 12.5 Å². The van der Waals surface area contributed by atoms with Gasteiger partial charge in [-0.2, -0.15) is 0 Å². The SMILES string of the molecule is CCC(C)NCC(=O)Nc1ccc(CCC(=O)O)cc1. The Kier molecular flexibility index (Phi) is 6.73. The summed E-state index contributed by atoms with van der Waals surface area (Å²) in [5, 5.41) is 14.5. The molecule has 1 aromatic carbocycles. The Bertz CT molecular complexity index is 443. The van der Waals surface area contributed by atoms with Crippen LogP contribution in [-0.4, -0.2) is 29.6 Å². The van der Waals surface area contributed by atoms with E-state index in [9.17, 15) is 9.59 Å². The smallest absolute Gasteiger partial charge is 0.303 e. The van der Waals surface area contributed by atoms with Crippen molar-refractivity contribution < 1.29 is 14.7 Å². The van der Waals surface area contributed by atoms with Gasteiger partial charge in [0.05, 0.1) is 6.54 Å². The van der Waals surface area contributed by atoms with Gasteiger partial charge in [0.15, 0.2) is 0 Å². The number of carbonyl (C=O) groups is 2. The summed E-state index contributed by atoms with van der Waals surface area (Å²) in [7, 11) is 0. The second-order valence-corrected chi connectivity index (χ2v) is 4.83. The van der Waals surface area contributed by atoms with E-state index in [2.05, 4.69) is 17.6 Å². The lowest BCUT2D eigenvalue weighted by atomic mass is 10.1. The zero-order valence-electron chi connectivity index (χ0n) is 12.0. The number of nitrogens with one attached hydrogen (secondary N) is 2. The van der Waals surface area contributed by atoms with Crippen LogP contribution >= 0.6 is 0 Å². The monoisotopic (exact) mass is 278 g/mol. The minimum atomic E-state index is -0.807. The molecule has 0 spiro atoms. The number of rotatable bonds is 8. The van der Waals surface area contributed by atoms with E-state index in [0.717, 1.165) is 17.7 Å². The highest BCUT2D eigenvalue weighted by Crippen LogP contribution is 2.11. The molecule has 1 atom stereocenters. The number of aliphatic carboxylic acids is 1. The third-order valence-corrected chi connectivity index (χ3v) is 3.09. The summed E-state index contributed by atoms with van der Waals surface area (Å²) >= 11 is 0.